The van der Waals surface area contributed by atoms with Crippen molar-refractivity contribution in [2.75, 3.05) is 38.0 Å². The minimum absolute atomic E-state index is 0. The topological polar surface area (TPSA) is 75.1 Å². The number of piperidine rings is 1. The Labute approximate surface area is 138 Å². The molecule has 0 atom stereocenters. The quantitative estimate of drug-likeness (QED) is 0.813. The Morgan fingerprint density at radius 1 is 1.36 bits per heavy atom. The van der Waals surface area contributed by atoms with E-state index in [9.17, 15) is 4.79 Å². The van der Waals surface area contributed by atoms with Gasteiger partial charge in [0, 0.05) is 13.0 Å². The molecule has 1 amide bonds. The van der Waals surface area contributed by atoms with Crippen molar-refractivity contribution >= 4 is 24.3 Å². The number of carbonyl (C=O) groups excluding carboxylic acids is 1. The summed E-state index contributed by atoms with van der Waals surface area (Å²) in [5.41, 5.74) is 0. The Balaban J connectivity index is 0.00000242. The summed E-state index contributed by atoms with van der Waals surface area (Å²) in [6, 6.07) is 0. The summed E-state index contributed by atoms with van der Waals surface area (Å²) in [6.45, 7) is 8.23. The molecule has 2 heterocycles. The third kappa shape index (κ3) is 4.93. The van der Waals surface area contributed by atoms with E-state index in [1.165, 1.54) is 0 Å². The molecule has 0 radical (unpaired) electrons. The summed E-state index contributed by atoms with van der Waals surface area (Å²) in [5, 5.41) is 10.7. The molecule has 126 valence electrons. The zero-order chi connectivity index (χ0) is 15.2. The molecule has 2 rings (SSSR count). The molecule has 0 bridgehead atoms. The van der Waals surface area contributed by atoms with Crippen LogP contribution >= 0.6 is 12.4 Å². The van der Waals surface area contributed by atoms with E-state index in [1.807, 2.05) is 20.9 Å². The van der Waals surface area contributed by atoms with Gasteiger partial charge in [0.25, 0.3) is 0 Å². The zero-order valence-electron chi connectivity index (χ0n) is 13.6. The number of hydrogen-bond donors (Lipinski definition) is 2. The Kier molecular flexibility index (Phi) is 7.78. The summed E-state index contributed by atoms with van der Waals surface area (Å²) < 4.78 is 1.66. The highest BCUT2D eigenvalue weighted by Gasteiger charge is 2.21. The summed E-state index contributed by atoms with van der Waals surface area (Å²) >= 11 is 0. The fourth-order valence-corrected chi connectivity index (χ4v) is 2.58. The summed E-state index contributed by atoms with van der Waals surface area (Å²) in [6.07, 6.45) is 2.10. The maximum atomic E-state index is 12.0. The molecule has 1 saturated heterocycles. The molecule has 1 aromatic rings. The van der Waals surface area contributed by atoms with Crippen molar-refractivity contribution < 1.29 is 4.79 Å². The Morgan fingerprint density at radius 2 is 2.00 bits per heavy atom. The van der Waals surface area contributed by atoms with Gasteiger partial charge in [-0.25, -0.2) is 4.68 Å². The van der Waals surface area contributed by atoms with Crippen LogP contribution in [0.5, 0.6) is 0 Å². The first-order valence-corrected chi connectivity index (χ1v) is 7.77. The summed E-state index contributed by atoms with van der Waals surface area (Å²) in [7, 11) is 1.82. The minimum atomic E-state index is -0.0361. The molecule has 0 unspecified atom stereocenters. The van der Waals surface area contributed by atoms with Crippen LogP contribution in [0, 0.1) is 0 Å². The first kappa shape index (κ1) is 18.9. The van der Waals surface area contributed by atoms with Crippen molar-refractivity contribution in [3.63, 3.8) is 0 Å². The second-order valence-electron chi connectivity index (χ2n) is 5.45. The number of aromatic nitrogens is 3. The van der Waals surface area contributed by atoms with Crippen LogP contribution in [0.15, 0.2) is 0 Å². The highest BCUT2D eigenvalue weighted by atomic mass is 35.5. The van der Waals surface area contributed by atoms with Crippen LogP contribution in [0.3, 0.4) is 0 Å². The maximum absolute atomic E-state index is 12.0. The number of nitrogens with one attached hydrogen (secondary N) is 2. The number of hydrogen-bond acceptors (Lipinski definition) is 5. The van der Waals surface area contributed by atoms with Crippen LogP contribution in [-0.2, 0) is 11.8 Å². The highest BCUT2D eigenvalue weighted by Crippen LogP contribution is 2.23. The number of anilines is 1. The predicted molar refractivity (Wildman–Crippen MR) is 89.5 cm³/mol. The zero-order valence-corrected chi connectivity index (χ0v) is 14.4. The van der Waals surface area contributed by atoms with E-state index in [1.54, 1.807) is 4.68 Å². The van der Waals surface area contributed by atoms with E-state index in [0.29, 0.717) is 18.4 Å². The summed E-state index contributed by atoms with van der Waals surface area (Å²) in [4.78, 5) is 18.6. The van der Waals surface area contributed by atoms with Crippen LogP contribution in [-0.4, -0.2) is 58.3 Å². The fourth-order valence-electron chi connectivity index (χ4n) is 2.58. The largest absolute Gasteiger partial charge is 0.317 e. The van der Waals surface area contributed by atoms with Crippen molar-refractivity contribution in [3.05, 3.63) is 5.82 Å². The van der Waals surface area contributed by atoms with E-state index in [2.05, 4.69) is 25.6 Å². The second-order valence-corrected chi connectivity index (χ2v) is 5.45. The van der Waals surface area contributed by atoms with E-state index >= 15 is 0 Å². The Bertz CT molecular complexity index is 468. The lowest BCUT2D eigenvalue weighted by molar-refractivity contribution is -0.117. The number of nitrogens with zero attached hydrogens (tertiary/aromatic N) is 4. The number of carbonyl (C=O) groups is 1. The van der Waals surface area contributed by atoms with Gasteiger partial charge in [-0.15, -0.1) is 12.4 Å². The first-order valence-electron chi connectivity index (χ1n) is 7.77. The molecule has 1 aliphatic heterocycles. The minimum Gasteiger partial charge on any atom is -0.317 e. The molecule has 1 aromatic heterocycles. The van der Waals surface area contributed by atoms with E-state index in [-0.39, 0.29) is 18.3 Å². The van der Waals surface area contributed by atoms with Gasteiger partial charge in [0.2, 0.25) is 11.9 Å². The lowest BCUT2D eigenvalue weighted by atomic mass is 9.98. The van der Waals surface area contributed by atoms with Gasteiger partial charge in [-0.2, -0.15) is 10.1 Å². The summed E-state index contributed by atoms with van der Waals surface area (Å²) in [5.74, 6) is 1.75. The molecule has 22 heavy (non-hydrogen) atoms. The molecule has 8 heteroatoms. The molecule has 0 spiro atoms. The van der Waals surface area contributed by atoms with Gasteiger partial charge in [-0.3, -0.25) is 15.0 Å². The second kappa shape index (κ2) is 9.07. The molecule has 0 aliphatic carbocycles. The van der Waals surface area contributed by atoms with Gasteiger partial charge in [-0.05, 0) is 39.0 Å². The van der Waals surface area contributed by atoms with E-state index in [0.717, 1.165) is 44.8 Å². The smallest absolute Gasteiger partial charge is 0.240 e. The van der Waals surface area contributed by atoms with Crippen molar-refractivity contribution in [2.24, 2.45) is 7.05 Å². The number of likely N-dealkylation sites (N-methyl/N-ethyl adjacent to an activating group) is 1. The van der Waals surface area contributed by atoms with Crippen molar-refractivity contribution in [2.45, 2.75) is 32.6 Å². The van der Waals surface area contributed by atoms with Crippen LogP contribution in [0.1, 0.15) is 38.4 Å². The maximum Gasteiger partial charge on any atom is 0.240 e. The average molecular weight is 331 g/mol. The number of rotatable bonds is 6. The highest BCUT2D eigenvalue weighted by molar-refractivity contribution is 5.90. The van der Waals surface area contributed by atoms with Crippen molar-refractivity contribution in [1.82, 2.24) is 25.0 Å². The lowest BCUT2D eigenvalue weighted by Gasteiger charge is -2.19. The monoisotopic (exact) mass is 330 g/mol. The molecular weight excluding hydrogens is 304 g/mol. The van der Waals surface area contributed by atoms with Crippen LogP contribution in [0.2, 0.25) is 0 Å². The van der Waals surface area contributed by atoms with Gasteiger partial charge in [0.1, 0.15) is 0 Å². The average Bonchev–Trinajstić information content (AvgIpc) is 2.87. The van der Waals surface area contributed by atoms with Crippen LogP contribution in [0.4, 0.5) is 5.95 Å². The van der Waals surface area contributed by atoms with Crippen molar-refractivity contribution in [1.29, 1.82) is 0 Å². The molecule has 0 saturated carbocycles. The van der Waals surface area contributed by atoms with Crippen LogP contribution in [0.25, 0.3) is 0 Å². The third-order valence-electron chi connectivity index (χ3n) is 4.00. The molecule has 1 aliphatic rings. The molecule has 1 fully saturated rings. The molecule has 0 aromatic carbocycles. The Hall–Kier alpha value is -1.18. The van der Waals surface area contributed by atoms with Gasteiger partial charge in [0.05, 0.1) is 6.54 Å². The normalized spacial score (nSPS) is 15.6. The SMILES string of the molecule is CCN(CC)CC(=O)Nc1nc(C2CCNCC2)nn1C.Cl. The van der Waals surface area contributed by atoms with Crippen molar-refractivity contribution in [3.8, 4) is 0 Å². The van der Waals surface area contributed by atoms with Gasteiger partial charge in [0.15, 0.2) is 5.82 Å². The molecular formula is C14H27ClN6O. The first-order chi connectivity index (χ1) is 10.1. The molecule has 2 N–H and O–H groups in total. The number of amides is 1. The Morgan fingerprint density at radius 3 is 2.59 bits per heavy atom. The third-order valence-corrected chi connectivity index (χ3v) is 4.00. The van der Waals surface area contributed by atoms with Gasteiger partial charge in [-0.1, -0.05) is 13.8 Å². The number of aryl methyl sites for hydroxylation is 1. The van der Waals surface area contributed by atoms with E-state index < -0.39 is 0 Å². The van der Waals surface area contributed by atoms with Gasteiger partial charge >= 0.3 is 0 Å². The number of halogens is 1. The van der Waals surface area contributed by atoms with Gasteiger partial charge < -0.3 is 5.32 Å². The van der Waals surface area contributed by atoms with E-state index in [4.69, 9.17) is 0 Å². The predicted octanol–water partition coefficient (Wildman–Crippen LogP) is 0.984. The fraction of sp³-hybridized carbons (Fsp3) is 0.786. The molecule has 7 nitrogen and oxygen atoms in total. The van der Waals surface area contributed by atoms with Crippen LogP contribution < -0.4 is 10.6 Å². The lowest BCUT2D eigenvalue weighted by Crippen LogP contribution is -2.33. The standard InChI is InChI=1S/C14H26N6O.ClH/c1-4-20(5-2)10-12(21)16-14-17-13(18-19(14)3)11-6-8-15-9-7-11;/h11,15H,4-10H2,1-3H3,(H,16,17,18,21);1H.